The summed E-state index contributed by atoms with van der Waals surface area (Å²) >= 11 is 13.2. The predicted octanol–water partition coefficient (Wildman–Crippen LogP) is 3.98. The van der Waals surface area contributed by atoms with Crippen LogP contribution in [-0.2, 0) is 10.0 Å². The first-order chi connectivity index (χ1) is 10.00. The standard InChI is InChI=1S/C13H12Cl2N2O2S2/c14-10-7-9(8-16-13(10)15)21(18,19)17-5-1-3-11(17)12-4-2-6-20-12/h2,4,6-8,11H,1,3,5H2. The second-order valence-electron chi connectivity index (χ2n) is 4.73. The second-order valence-corrected chi connectivity index (χ2v) is 8.37. The maximum atomic E-state index is 12.8. The number of thiophene rings is 1. The Labute approximate surface area is 137 Å². The Morgan fingerprint density at radius 2 is 2.19 bits per heavy atom. The summed E-state index contributed by atoms with van der Waals surface area (Å²) in [7, 11) is -3.62. The minimum Gasteiger partial charge on any atom is -0.242 e. The highest BCUT2D eigenvalue weighted by molar-refractivity contribution is 7.89. The van der Waals surface area contributed by atoms with Gasteiger partial charge in [-0.3, -0.25) is 0 Å². The van der Waals surface area contributed by atoms with Crippen LogP contribution in [0.2, 0.25) is 10.2 Å². The molecular formula is C13H12Cl2N2O2S2. The highest BCUT2D eigenvalue weighted by Crippen LogP contribution is 2.38. The van der Waals surface area contributed by atoms with Gasteiger partial charge in [0.05, 0.1) is 11.1 Å². The molecular weight excluding hydrogens is 351 g/mol. The largest absolute Gasteiger partial charge is 0.245 e. The molecule has 1 saturated heterocycles. The normalized spacial score (nSPS) is 20.0. The van der Waals surface area contributed by atoms with Gasteiger partial charge in [-0.1, -0.05) is 29.3 Å². The molecule has 0 spiro atoms. The van der Waals surface area contributed by atoms with Gasteiger partial charge < -0.3 is 0 Å². The summed E-state index contributed by atoms with van der Waals surface area (Å²) in [5.41, 5.74) is 0. The molecule has 4 nitrogen and oxygen atoms in total. The van der Waals surface area contributed by atoms with Crippen molar-refractivity contribution in [1.29, 1.82) is 0 Å². The van der Waals surface area contributed by atoms with Crippen LogP contribution in [0.15, 0.2) is 34.7 Å². The third kappa shape index (κ3) is 2.83. The zero-order valence-corrected chi connectivity index (χ0v) is 14.0. The van der Waals surface area contributed by atoms with Crippen molar-refractivity contribution in [2.45, 2.75) is 23.8 Å². The summed E-state index contributed by atoms with van der Waals surface area (Å²) in [6.45, 7) is 0.505. The Hall–Kier alpha value is -0.660. The topological polar surface area (TPSA) is 50.3 Å². The van der Waals surface area contributed by atoms with Crippen LogP contribution >= 0.6 is 34.5 Å². The monoisotopic (exact) mass is 362 g/mol. The van der Waals surface area contributed by atoms with E-state index in [9.17, 15) is 8.42 Å². The molecule has 0 amide bonds. The van der Waals surface area contributed by atoms with E-state index < -0.39 is 10.0 Å². The average molecular weight is 363 g/mol. The lowest BCUT2D eigenvalue weighted by Crippen LogP contribution is -2.30. The van der Waals surface area contributed by atoms with Crippen LogP contribution < -0.4 is 0 Å². The van der Waals surface area contributed by atoms with Gasteiger partial charge in [0.1, 0.15) is 10.0 Å². The number of rotatable bonds is 3. The molecule has 1 fully saturated rings. The van der Waals surface area contributed by atoms with Crippen LogP contribution in [0.5, 0.6) is 0 Å². The van der Waals surface area contributed by atoms with Crippen LogP contribution in [0.25, 0.3) is 0 Å². The van der Waals surface area contributed by atoms with Gasteiger partial charge in [0.15, 0.2) is 0 Å². The third-order valence-corrected chi connectivity index (χ3v) is 6.99. The van der Waals surface area contributed by atoms with E-state index in [-0.39, 0.29) is 21.1 Å². The van der Waals surface area contributed by atoms with E-state index in [1.54, 1.807) is 11.3 Å². The van der Waals surface area contributed by atoms with Crippen molar-refractivity contribution in [2.75, 3.05) is 6.54 Å². The van der Waals surface area contributed by atoms with Crippen molar-refractivity contribution in [3.8, 4) is 0 Å². The molecule has 3 heterocycles. The molecule has 1 atom stereocenters. The number of hydrogen-bond donors (Lipinski definition) is 0. The van der Waals surface area contributed by atoms with E-state index >= 15 is 0 Å². The van der Waals surface area contributed by atoms with E-state index in [1.165, 1.54) is 16.6 Å². The minimum absolute atomic E-state index is 0.0837. The molecule has 1 unspecified atom stereocenters. The Bertz CT molecular complexity index is 748. The maximum Gasteiger partial charge on any atom is 0.245 e. The van der Waals surface area contributed by atoms with Gasteiger partial charge >= 0.3 is 0 Å². The van der Waals surface area contributed by atoms with Crippen molar-refractivity contribution < 1.29 is 8.42 Å². The molecule has 1 aliphatic heterocycles. The summed E-state index contributed by atoms with van der Waals surface area (Å²) in [6.07, 6.45) is 2.93. The van der Waals surface area contributed by atoms with Crippen LogP contribution in [0, 0.1) is 0 Å². The van der Waals surface area contributed by atoms with Gasteiger partial charge in [0, 0.05) is 17.6 Å². The Kier molecular flexibility index (Phi) is 4.25. The van der Waals surface area contributed by atoms with E-state index in [4.69, 9.17) is 23.2 Å². The highest BCUT2D eigenvalue weighted by atomic mass is 35.5. The van der Waals surface area contributed by atoms with Gasteiger partial charge in [-0.05, 0) is 30.4 Å². The number of hydrogen-bond acceptors (Lipinski definition) is 4. The van der Waals surface area contributed by atoms with Gasteiger partial charge in [-0.2, -0.15) is 4.31 Å². The first-order valence-corrected chi connectivity index (χ1v) is 9.44. The molecule has 1 aliphatic rings. The summed E-state index contributed by atoms with van der Waals surface area (Å²) in [5, 5.41) is 2.20. The molecule has 112 valence electrons. The lowest BCUT2D eigenvalue weighted by Gasteiger charge is -2.23. The molecule has 8 heteroatoms. The maximum absolute atomic E-state index is 12.8. The number of aromatic nitrogens is 1. The van der Waals surface area contributed by atoms with Crippen molar-refractivity contribution in [2.24, 2.45) is 0 Å². The molecule has 0 radical (unpaired) electrons. The lowest BCUT2D eigenvalue weighted by atomic mass is 10.2. The third-order valence-electron chi connectivity index (χ3n) is 3.45. The number of halogens is 2. The van der Waals surface area contributed by atoms with Gasteiger partial charge in [-0.15, -0.1) is 11.3 Å². The van der Waals surface area contributed by atoms with Crippen molar-refractivity contribution in [3.05, 3.63) is 44.8 Å². The Morgan fingerprint density at radius 3 is 2.86 bits per heavy atom. The SMILES string of the molecule is O=S(=O)(c1cnc(Cl)c(Cl)c1)N1CCCC1c1cccs1. The highest BCUT2D eigenvalue weighted by Gasteiger charge is 2.37. The van der Waals surface area contributed by atoms with Crippen molar-refractivity contribution >= 4 is 44.6 Å². The first kappa shape index (κ1) is 15.2. The van der Waals surface area contributed by atoms with Gasteiger partial charge in [0.2, 0.25) is 10.0 Å². The van der Waals surface area contributed by atoms with E-state index in [0.29, 0.717) is 6.54 Å². The molecule has 0 aromatic carbocycles. The molecule has 21 heavy (non-hydrogen) atoms. The molecule has 0 N–H and O–H groups in total. The quantitative estimate of drug-likeness (QED) is 0.776. The predicted molar refractivity (Wildman–Crippen MR) is 84.4 cm³/mol. The van der Waals surface area contributed by atoms with Crippen LogP contribution in [0.4, 0.5) is 0 Å². The fraction of sp³-hybridized carbons (Fsp3) is 0.308. The fourth-order valence-corrected chi connectivity index (χ4v) is 5.39. The molecule has 0 bridgehead atoms. The summed E-state index contributed by atoms with van der Waals surface area (Å²) in [6, 6.07) is 5.15. The number of nitrogens with zero attached hydrogens (tertiary/aromatic N) is 2. The number of sulfonamides is 1. The second kappa shape index (κ2) is 5.85. The lowest BCUT2D eigenvalue weighted by molar-refractivity contribution is 0.401. The Morgan fingerprint density at radius 1 is 1.38 bits per heavy atom. The van der Waals surface area contributed by atoms with Gasteiger partial charge in [0.25, 0.3) is 0 Å². The first-order valence-electron chi connectivity index (χ1n) is 6.36. The van der Waals surface area contributed by atoms with E-state index in [1.807, 2.05) is 17.5 Å². The van der Waals surface area contributed by atoms with Crippen LogP contribution in [0.3, 0.4) is 0 Å². The zero-order valence-electron chi connectivity index (χ0n) is 10.9. The molecule has 0 saturated carbocycles. The molecule has 0 aliphatic carbocycles. The van der Waals surface area contributed by atoms with E-state index in [0.717, 1.165) is 17.7 Å². The molecule has 3 rings (SSSR count). The average Bonchev–Trinajstić information content (AvgIpc) is 3.11. The Balaban J connectivity index is 1.99. The van der Waals surface area contributed by atoms with E-state index in [2.05, 4.69) is 4.98 Å². The molecule has 2 aromatic rings. The van der Waals surface area contributed by atoms with Crippen LogP contribution in [0.1, 0.15) is 23.8 Å². The summed E-state index contributed by atoms with van der Waals surface area (Å²) in [5.74, 6) is 0. The fourth-order valence-electron chi connectivity index (χ4n) is 2.47. The van der Waals surface area contributed by atoms with Crippen LogP contribution in [-0.4, -0.2) is 24.3 Å². The smallest absolute Gasteiger partial charge is 0.242 e. The molecule has 2 aromatic heterocycles. The summed E-state index contributed by atoms with van der Waals surface area (Å²) < 4.78 is 27.1. The minimum atomic E-state index is -3.62. The zero-order chi connectivity index (χ0) is 15.0. The number of pyridine rings is 1. The summed E-state index contributed by atoms with van der Waals surface area (Å²) in [4.78, 5) is 4.98. The van der Waals surface area contributed by atoms with Gasteiger partial charge in [-0.25, -0.2) is 13.4 Å². The van der Waals surface area contributed by atoms with Crippen molar-refractivity contribution in [1.82, 2.24) is 9.29 Å². The van der Waals surface area contributed by atoms with Crippen molar-refractivity contribution in [3.63, 3.8) is 0 Å².